The number of amides is 2. The monoisotopic (exact) mass is 488 g/mol. The van der Waals surface area contributed by atoms with Crippen LogP contribution in [0.25, 0.3) is 0 Å². The van der Waals surface area contributed by atoms with Gasteiger partial charge in [0.15, 0.2) is 11.7 Å². The molecule has 8 heteroatoms. The maximum atomic E-state index is 12.6. The van der Waals surface area contributed by atoms with Crippen LogP contribution in [0.15, 0.2) is 78.9 Å². The van der Waals surface area contributed by atoms with E-state index in [4.69, 9.17) is 17.0 Å². The highest BCUT2D eigenvalue weighted by molar-refractivity contribution is 7.80. The molecule has 3 aromatic rings. The molecule has 3 aromatic carbocycles. The van der Waals surface area contributed by atoms with Gasteiger partial charge in [0.2, 0.25) is 0 Å². The first-order chi connectivity index (χ1) is 17.0. The second kappa shape index (κ2) is 11.5. The summed E-state index contributed by atoms with van der Waals surface area (Å²) < 4.78 is 5.55. The van der Waals surface area contributed by atoms with Gasteiger partial charge in [0, 0.05) is 43.1 Å². The lowest BCUT2D eigenvalue weighted by atomic mass is 10.1. The van der Waals surface area contributed by atoms with E-state index in [1.165, 1.54) is 0 Å². The van der Waals surface area contributed by atoms with Crippen LogP contribution in [0, 0.1) is 6.92 Å². The smallest absolute Gasteiger partial charge is 0.264 e. The lowest BCUT2D eigenvalue weighted by Crippen LogP contribution is -2.48. The third-order valence-corrected chi connectivity index (χ3v) is 5.99. The Kier molecular flexibility index (Phi) is 7.95. The van der Waals surface area contributed by atoms with Gasteiger partial charge in [-0.15, -0.1) is 0 Å². The Morgan fingerprint density at radius 2 is 1.54 bits per heavy atom. The van der Waals surface area contributed by atoms with Crippen molar-refractivity contribution in [2.45, 2.75) is 6.92 Å². The van der Waals surface area contributed by atoms with E-state index in [0.717, 1.165) is 35.6 Å². The molecule has 35 heavy (non-hydrogen) atoms. The highest BCUT2D eigenvalue weighted by atomic mass is 32.1. The first-order valence-corrected chi connectivity index (χ1v) is 11.9. The number of anilines is 2. The molecule has 1 heterocycles. The van der Waals surface area contributed by atoms with Gasteiger partial charge in [-0.25, -0.2) is 0 Å². The van der Waals surface area contributed by atoms with E-state index in [9.17, 15) is 9.59 Å². The van der Waals surface area contributed by atoms with Crippen LogP contribution in [-0.2, 0) is 4.79 Å². The molecule has 180 valence electrons. The topological polar surface area (TPSA) is 73.9 Å². The Morgan fingerprint density at radius 1 is 0.886 bits per heavy atom. The Morgan fingerprint density at radius 3 is 2.23 bits per heavy atom. The molecule has 4 rings (SSSR count). The van der Waals surface area contributed by atoms with E-state index in [-0.39, 0.29) is 23.5 Å². The average molecular weight is 489 g/mol. The summed E-state index contributed by atoms with van der Waals surface area (Å²) in [5, 5.41) is 5.87. The SMILES string of the molecule is Cc1ccccc1OCC(=O)NC(=S)Nc1ccc(N2CCN(C(=O)c3ccccc3)CC2)cc1. The Balaban J connectivity index is 1.22. The second-order valence-corrected chi connectivity index (χ2v) is 8.66. The van der Waals surface area contributed by atoms with Gasteiger partial charge in [-0.2, -0.15) is 0 Å². The van der Waals surface area contributed by atoms with Gasteiger partial charge in [0.25, 0.3) is 11.8 Å². The van der Waals surface area contributed by atoms with Crippen LogP contribution in [0.4, 0.5) is 11.4 Å². The first kappa shape index (κ1) is 24.2. The normalized spacial score (nSPS) is 13.2. The zero-order valence-electron chi connectivity index (χ0n) is 19.6. The van der Waals surface area contributed by atoms with Crippen molar-refractivity contribution in [2.24, 2.45) is 0 Å². The van der Waals surface area contributed by atoms with E-state index in [1.807, 2.05) is 90.7 Å². The van der Waals surface area contributed by atoms with E-state index in [2.05, 4.69) is 15.5 Å². The molecule has 7 nitrogen and oxygen atoms in total. The summed E-state index contributed by atoms with van der Waals surface area (Å²) in [5.74, 6) is 0.414. The third kappa shape index (κ3) is 6.58. The molecule has 0 bridgehead atoms. The van der Waals surface area contributed by atoms with E-state index < -0.39 is 0 Å². The standard InChI is InChI=1S/C27H28N4O3S/c1-20-7-5-6-10-24(20)34-19-25(32)29-27(35)28-22-11-13-23(14-12-22)30-15-17-31(18-16-30)26(33)21-8-3-2-4-9-21/h2-14H,15-19H2,1H3,(H2,28,29,32,35). The van der Waals surface area contributed by atoms with Crippen LogP contribution in [0.3, 0.4) is 0 Å². The maximum Gasteiger partial charge on any atom is 0.264 e. The van der Waals surface area contributed by atoms with Crippen molar-refractivity contribution in [3.63, 3.8) is 0 Å². The lowest BCUT2D eigenvalue weighted by Gasteiger charge is -2.36. The fourth-order valence-electron chi connectivity index (χ4n) is 3.87. The summed E-state index contributed by atoms with van der Waals surface area (Å²) in [6.07, 6.45) is 0. The molecule has 1 fully saturated rings. The number of thiocarbonyl (C=S) groups is 1. The van der Waals surface area contributed by atoms with Gasteiger partial charge >= 0.3 is 0 Å². The molecular formula is C27H28N4O3S. The van der Waals surface area contributed by atoms with Gasteiger partial charge < -0.3 is 19.9 Å². The molecule has 1 aliphatic rings. The molecule has 0 aliphatic carbocycles. The van der Waals surface area contributed by atoms with Crippen LogP contribution in [0.1, 0.15) is 15.9 Å². The number of para-hydroxylation sites is 1. The van der Waals surface area contributed by atoms with Gasteiger partial charge in [-0.1, -0.05) is 36.4 Å². The number of benzene rings is 3. The second-order valence-electron chi connectivity index (χ2n) is 8.25. The van der Waals surface area contributed by atoms with Gasteiger partial charge in [0.1, 0.15) is 5.75 Å². The minimum absolute atomic E-state index is 0.0738. The number of nitrogens with zero attached hydrogens (tertiary/aromatic N) is 2. The summed E-state index contributed by atoms with van der Waals surface area (Å²) in [7, 11) is 0. The molecule has 0 radical (unpaired) electrons. The maximum absolute atomic E-state index is 12.6. The van der Waals surface area contributed by atoms with Crippen molar-refractivity contribution >= 4 is 40.5 Å². The number of rotatable bonds is 6. The fraction of sp³-hybridized carbons (Fsp3) is 0.222. The number of piperazine rings is 1. The Hall–Kier alpha value is -3.91. The summed E-state index contributed by atoms with van der Waals surface area (Å²) in [4.78, 5) is 28.9. The molecule has 0 saturated carbocycles. The highest BCUT2D eigenvalue weighted by Crippen LogP contribution is 2.20. The van der Waals surface area contributed by atoms with Crippen LogP contribution >= 0.6 is 12.2 Å². The fourth-order valence-corrected chi connectivity index (χ4v) is 4.11. The molecule has 0 spiro atoms. The number of hydrogen-bond acceptors (Lipinski definition) is 5. The molecule has 0 aromatic heterocycles. The van der Waals surface area contributed by atoms with Crippen molar-refractivity contribution in [3.8, 4) is 5.75 Å². The number of carbonyl (C=O) groups is 2. The number of aryl methyl sites for hydroxylation is 1. The van der Waals surface area contributed by atoms with Crippen molar-refractivity contribution in [1.82, 2.24) is 10.2 Å². The van der Waals surface area contributed by atoms with E-state index in [0.29, 0.717) is 18.8 Å². The van der Waals surface area contributed by atoms with Gasteiger partial charge in [0.05, 0.1) is 0 Å². The average Bonchev–Trinajstić information content (AvgIpc) is 2.89. The van der Waals surface area contributed by atoms with Crippen molar-refractivity contribution in [2.75, 3.05) is 43.0 Å². The zero-order chi connectivity index (χ0) is 24.6. The number of nitrogens with one attached hydrogen (secondary N) is 2. The van der Waals surface area contributed by atoms with Gasteiger partial charge in [-0.3, -0.25) is 14.9 Å². The minimum Gasteiger partial charge on any atom is -0.483 e. The van der Waals surface area contributed by atoms with Crippen LogP contribution in [0.2, 0.25) is 0 Å². The zero-order valence-corrected chi connectivity index (χ0v) is 20.4. The van der Waals surface area contributed by atoms with Crippen LogP contribution < -0.4 is 20.3 Å². The van der Waals surface area contributed by atoms with E-state index in [1.54, 1.807) is 0 Å². The van der Waals surface area contributed by atoms with Crippen LogP contribution in [-0.4, -0.2) is 54.6 Å². The quantitative estimate of drug-likeness (QED) is 0.514. The van der Waals surface area contributed by atoms with Crippen molar-refractivity contribution in [1.29, 1.82) is 0 Å². The summed E-state index contributed by atoms with van der Waals surface area (Å²) in [5.41, 5.74) is 3.53. The predicted molar refractivity (Wildman–Crippen MR) is 142 cm³/mol. The number of hydrogen-bond donors (Lipinski definition) is 2. The molecule has 0 atom stereocenters. The van der Waals surface area contributed by atoms with E-state index >= 15 is 0 Å². The predicted octanol–water partition coefficient (Wildman–Crippen LogP) is 3.85. The molecule has 1 saturated heterocycles. The minimum atomic E-state index is -0.328. The highest BCUT2D eigenvalue weighted by Gasteiger charge is 2.22. The Bertz CT molecular complexity index is 1180. The molecule has 2 amide bonds. The van der Waals surface area contributed by atoms with Crippen LogP contribution in [0.5, 0.6) is 5.75 Å². The van der Waals surface area contributed by atoms with Gasteiger partial charge in [-0.05, 0) is 67.2 Å². The summed E-state index contributed by atoms with van der Waals surface area (Å²) >= 11 is 5.26. The molecule has 0 unspecified atom stereocenters. The molecule has 1 aliphatic heterocycles. The largest absolute Gasteiger partial charge is 0.483 e. The molecule has 2 N–H and O–H groups in total. The molecular weight excluding hydrogens is 460 g/mol. The first-order valence-electron chi connectivity index (χ1n) is 11.5. The van der Waals surface area contributed by atoms with Crippen molar-refractivity contribution < 1.29 is 14.3 Å². The Labute approximate surface area is 210 Å². The number of carbonyl (C=O) groups excluding carboxylic acids is 2. The summed E-state index contributed by atoms with van der Waals surface area (Å²) in [6.45, 7) is 4.68. The number of ether oxygens (including phenoxy) is 1. The summed E-state index contributed by atoms with van der Waals surface area (Å²) in [6, 6.07) is 24.7. The van der Waals surface area contributed by atoms with Crippen molar-refractivity contribution in [3.05, 3.63) is 90.0 Å². The lowest BCUT2D eigenvalue weighted by molar-refractivity contribution is -0.121. The third-order valence-electron chi connectivity index (χ3n) is 5.78.